The van der Waals surface area contributed by atoms with Crippen molar-refractivity contribution in [1.29, 1.82) is 0 Å². The molecule has 116 valence electrons. The van der Waals surface area contributed by atoms with Gasteiger partial charge in [-0.05, 0) is 31.5 Å². The summed E-state index contributed by atoms with van der Waals surface area (Å²) in [6.07, 6.45) is 1.66. The SMILES string of the molecule is C=CCNC(=O)[C@@H](C)Sc1nnc(Nc2cccc(C)c2)s1. The zero-order valence-corrected chi connectivity index (χ0v) is 14.1. The minimum atomic E-state index is -0.222. The number of thioether (sulfide) groups is 1. The zero-order valence-electron chi connectivity index (χ0n) is 12.5. The molecule has 0 radical (unpaired) electrons. The Morgan fingerprint density at radius 3 is 3.05 bits per heavy atom. The average molecular weight is 334 g/mol. The number of benzene rings is 1. The molecule has 0 saturated heterocycles. The fourth-order valence-corrected chi connectivity index (χ4v) is 3.62. The molecule has 0 aliphatic heterocycles. The van der Waals surface area contributed by atoms with Crippen LogP contribution in [0.25, 0.3) is 0 Å². The fraction of sp³-hybridized carbons (Fsp3) is 0.267. The molecule has 5 nitrogen and oxygen atoms in total. The maximum absolute atomic E-state index is 11.8. The molecule has 0 bridgehead atoms. The Bertz CT molecular complexity index is 656. The van der Waals surface area contributed by atoms with Crippen LogP contribution in [0.3, 0.4) is 0 Å². The quantitative estimate of drug-likeness (QED) is 0.600. The van der Waals surface area contributed by atoms with Crippen molar-refractivity contribution in [3.63, 3.8) is 0 Å². The molecule has 1 amide bonds. The molecule has 0 saturated carbocycles. The molecule has 7 heteroatoms. The van der Waals surface area contributed by atoms with Crippen LogP contribution >= 0.6 is 23.1 Å². The molecule has 0 aliphatic carbocycles. The lowest BCUT2D eigenvalue weighted by atomic mass is 10.2. The summed E-state index contributed by atoms with van der Waals surface area (Å²) in [4.78, 5) is 11.8. The Morgan fingerprint density at radius 1 is 1.50 bits per heavy atom. The molecule has 0 unspecified atom stereocenters. The van der Waals surface area contributed by atoms with Gasteiger partial charge in [0.15, 0.2) is 4.34 Å². The van der Waals surface area contributed by atoms with Gasteiger partial charge in [0, 0.05) is 12.2 Å². The van der Waals surface area contributed by atoms with Crippen LogP contribution < -0.4 is 10.6 Å². The predicted octanol–water partition coefficient (Wildman–Crippen LogP) is 3.37. The van der Waals surface area contributed by atoms with Gasteiger partial charge in [0.05, 0.1) is 5.25 Å². The number of aromatic nitrogens is 2. The van der Waals surface area contributed by atoms with Gasteiger partial charge < -0.3 is 10.6 Å². The lowest BCUT2D eigenvalue weighted by molar-refractivity contribution is -0.120. The van der Waals surface area contributed by atoms with Gasteiger partial charge in [-0.3, -0.25) is 4.79 Å². The molecule has 0 fully saturated rings. The maximum Gasteiger partial charge on any atom is 0.233 e. The van der Waals surface area contributed by atoms with Gasteiger partial charge in [0.2, 0.25) is 11.0 Å². The van der Waals surface area contributed by atoms with Crippen LogP contribution in [0.1, 0.15) is 12.5 Å². The number of hydrogen-bond donors (Lipinski definition) is 2. The summed E-state index contributed by atoms with van der Waals surface area (Å²) in [7, 11) is 0. The summed E-state index contributed by atoms with van der Waals surface area (Å²) in [6, 6.07) is 8.04. The van der Waals surface area contributed by atoms with Crippen molar-refractivity contribution in [2.45, 2.75) is 23.4 Å². The number of carbonyl (C=O) groups is 1. The Hall–Kier alpha value is -1.86. The largest absolute Gasteiger partial charge is 0.352 e. The van der Waals surface area contributed by atoms with Gasteiger partial charge in [-0.2, -0.15) is 0 Å². The van der Waals surface area contributed by atoms with E-state index >= 15 is 0 Å². The van der Waals surface area contributed by atoms with E-state index in [0.29, 0.717) is 11.7 Å². The first kappa shape index (κ1) is 16.5. The van der Waals surface area contributed by atoms with Gasteiger partial charge in [0.25, 0.3) is 0 Å². The highest BCUT2D eigenvalue weighted by atomic mass is 32.2. The van der Waals surface area contributed by atoms with Gasteiger partial charge in [-0.25, -0.2) is 0 Å². The van der Waals surface area contributed by atoms with Crippen LogP contribution in [-0.2, 0) is 4.79 Å². The molecule has 2 N–H and O–H groups in total. The van der Waals surface area contributed by atoms with Gasteiger partial charge in [-0.15, -0.1) is 16.8 Å². The number of nitrogens with one attached hydrogen (secondary N) is 2. The number of aryl methyl sites for hydroxylation is 1. The molecular weight excluding hydrogens is 316 g/mol. The molecule has 2 aromatic rings. The van der Waals surface area contributed by atoms with Crippen molar-refractivity contribution in [2.24, 2.45) is 0 Å². The standard InChI is InChI=1S/C15H18N4OS2/c1-4-8-16-13(20)11(3)21-15-19-18-14(22-15)17-12-7-5-6-10(2)9-12/h4-7,9,11H,1,8H2,2-3H3,(H,16,20)(H,17,18)/t11-/m1/s1. The second kappa shape index (κ2) is 7.95. The van der Waals surface area contributed by atoms with Crippen molar-refractivity contribution in [3.05, 3.63) is 42.5 Å². The topological polar surface area (TPSA) is 66.9 Å². The van der Waals surface area contributed by atoms with E-state index < -0.39 is 0 Å². The minimum absolute atomic E-state index is 0.0340. The minimum Gasteiger partial charge on any atom is -0.352 e. The number of carbonyl (C=O) groups excluding carboxylic acids is 1. The van der Waals surface area contributed by atoms with Crippen molar-refractivity contribution >= 4 is 39.8 Å². The van der Waals surface area contributed by atoms with Crippen LogP contribution in [-0.4, -0.2) is 27.9 Å². The second-order valence-electron chi connectivity index (χ2n) is 4.66. The molecule has 1 heterocycles. The molecule has 1 aromatic carbocycles. The highest BCUT2D eigenvalue weighted by Crippen LogP contribution is 2.30. The van der Waals surface area contributed by atoms with E-state index in [9.17, 15) is 4.79 Å². The van der Waals surface area contributed by atoms with Crippen molar-refractivity contribution in [1.82, 2.24) is 15.5 Å². The number of hydrogen-bond acceptors (Lipinski definition) is 6. The predicted molar refractivity (Wildman–Crippen MR) is 92.9 cm³/mol. The maximum atomic E-state index is 11.8. The van der Waals surface area contributed by atoms with Crippen LogP contribution in [0.4, 0.5) is 10.8 Å². The van der Waals surface area contributed by atoms with E-state index in [1.807, 2.05) is 38.1 Å². The van der Waals surface area contributed by atoms with E-state index in [1.54, 1.807) is 6.08 Å². The highest BCUT2D eigenvalue weighted by Gasteiger charge is 2.16. The van der Waals surface area contributed by atoms with Crippen LogP contribution in [0.15, 0.2) is 41.3 Å². The fourth-order valence-electron chi connectivity index (χ4n) is 1.68. The highest BCUT2D eigenvalue weighted by molar-refractivity contribution is 8.02. The third-order valence-electron chi connectivity index (χ3n) is 2.74. The Morgan fingerprint density at radius 2 is 2.32 bits per heavy atom. The summed E-state index contributed by atoms with van der Waals surface area (Å²) < 4.78 is 0.761. The lowest BCUT2D eigenvalue weighted by Crippen LogP contribution is -2.30. The van der Waals surface area contributed by atoms with E-state index in [1.165, 1.54) is 28.7 Å². The smallest absolute Gasteiger partial charge is 0.233 e. The van der Waals surface area contributed by atoms with Crippen molar-refractivity contribution < 1.29 is 4.79 Å². The first-order valence-corrected chi connectivity index (χ1v) is 8.50. The molecule has 0 aliphatic rings. The number of anilines is 2. The second-order valence-corrected chi connectivity index (χ2v) is 7.23. The summed E-state index contributed by atoms with van der Waals surface area (Å²) in [5.41, 5.74) is 2.15. The molecule has 1 atom stereocenters. The van der Waals surface area contributed by atoms with Crippen LogP contribution in [0.5, 0.6) is 0 Å². The Balaban J connectivity index is 1.93. The van der Waals surface area contributed by atoms with Crippen molar-refractivity contribution in [3.8, 4) is 0 Å². The summed E-state index contributed by atoms with van der Waals surface area (Å²) >= 11 is 2.83. The number of nitrogens with zero attached hydrogens (tertiary/aromatic N) is 2. The monoisotopic (exact) mass is 334 g/mol. The third-order valence-corrected chi connectivity index (χ3v) is 4.77. The lowest BCUT2D eigenvalue weighted by Gasteiger charge is -2.08. The van der Waals surface area contributed by atoms with E-state index in [4.69, 9.17) is 0 Å². The van der Waals surface area contributed by atoms with Gasteiger partial charge in [0.1, 0.15) is 0 Å². The Labute approximate surface area is 138 Å². The van der Waals surface area contributed by atoms with E-state index in [0.717, 1.165) is 10.0 Å². The van der Waals surface area contributed by atoms with Crippen LogP contribution in [0, 0.1) is 6.92 Å². The first-order valence-electron chi connectivity index (χ1n) is 6.81. The summed E-state index contributed by atoms with van der Waals surface area (Å²) in [5.74, 6) is -0.0340. The number of amides is 1. The van der Waals surface area contributed by atoms with Gasteiger partial charge >= 0.3 is 0 Å². The average Bonchev–Trinajstić information content (AvgIpc) is 2.91. The molecular formula is C15H18N4OS2. The summed E-state index contributed by atoms with van der Waals surface area (Å²) in [6.45, 7) is 7.93. The normalized spacial score (nSPS) is 11.7. The van der Waals surface area contributed by atoms with Crippen LogP contribution in [0.2, 0.25) is 0 Å². The zero-order chi connectivity index (χ0) is 15.9. The summed E-state index contributed by atoms with van der Waals surface area (Å²) in [5, 5.41) is 14.7. The van der Waals surface area contributed by atoms with E-state index in [2.05, 4.69) is 27.4 Å². The number of rotatable bonds is 7. The molecule has 0 spiro atoms. The molecule has 22 heavy (non-hydrogen) atoms. The Kier molecular flexibility index (Phi) is 5.97. The molecule has 1 aromatic heterocycles. The third kappa shape index (κ3) is 4.85. The van der Waals surface area contributed by atoms with Gasteiger partial charge in [-0.1, -0.05) is 41.3 Å². The molecule has 2 rings (SSSR count). The van der Waals surface area contributed by atoms with Crippen molar-refractivity contribution in [2.75, 3.05) is 11.9 Å². The first-order chi connectivity index (χ1) is 10.6. The van der Waals surface area contributed by atoms with E-state index in [-0.39, 0.29) is 11.2 Å².